The van der Waals surface area contributed by atoms with Crippen LogP contribution in [0, 0.1) is 0 Å². The van der Waals surface area contributed by atoms with Crippen molar-refractivity contribution >= 4 is 17.6 Å². The second-order valence-corrected chi connectivity index (χ2v) is 4.20. The maximum atomic E-state index is 11.8. The van der Waals surface area contributed by atoms with Gasteiger partial charge in [0.05, 0.1) is 6.54 Å². The molecule has 0 aromatic carbocycles. The van der Waals surface area contributed by atoms with Crippen LogP contribution in [-0.4, -0.2) is 36.4 Å². The SMILES string of the molecule is CNc1cc(C(=O)NCC(=O)NC2CC2)ccn1. The number of carbonyl (C=O) groups excluding carboxylic acids is 2. The Morgan fingerprint density at radius 2 is 2.22 bits per heavy atom. The highest BCUT2D eigenvalue weighted by molar-refractivity contribution is 5.96. The van der Waals surface area contributed by atoms with Gasteiger partial charge in [-0.3, -0.25) is 9.59 Å². The van der Waals surface area contributed by atoms with Gasteiger partial charge in [0.1, 0.15) is 5.82 Å². The van der Waals surface area contributed by atoms with Gasteiger partial charge in [-0.15, -0.1) is 0 Å². The molecular formula is C12H16N4O2. The van der Waals surface area contributed by atoms with Gasteiger partial charge < -0.3 is 16.0 Å². The first-order valence-corrected chi connectivity index (χ1v) is 5.90. The lowest BCUT2D eigenvalue weighted by atomic mass is 10.2. The molecule has 18 heavy (non-hydrogen) atoms. The molecule has 0 spiro atoms. The van der Waals surface area contributed by atoms with Gasteiger partial charge >= 0.3 is 0 Å². The van der Waals surface area contributed by atoms with Crippen LogP contribution < -0.4 is 16.0 Å². The Balaban J connectivity index is 1.84. The van der Waals surface area contributed by atoms with Gasteiger partial charge in [0.25, 0.3) is 5.91 Å². The Morgan fingerprint density at radius 3 is 2.89 bits per heavy atom. The molecule has 0 unspecified atom stereocenters. The average molecular weight is 248 g/mol. The van der Waals surface area contributed by atoms with Crippen molar-refractivity contribution in [2.24, 2.45) is 0 Å². The molecule has 0 saturated heterocycles. The Morgan fingerprint density at radius 1 is 1.44 bits per heavy atom. The molecule has 0 radical (unpaired) electrons. The van der Waals surface area contributed by atoms with Crippen molar-refractivity contribution in [1.29, 1.82) is 0 Å². The first-order valence-electron chi connectivity index (χ1n) is 5.90. The minimum atomic E-state index is -0.278. The molecular weight excluding hydrogens is 232 g/mol. The normalized spacial score (nSPS) is 13.8. The topological polar surface area (TPSA) is 83.1 Å². The number of aromatic nitrogens is 1. The van der Waals surface area contributed by atoms with E-state index in [1.807, 2.05) is 0 Å². The Labute approximate surface area is 105 Å². The van der Waals surface area contributed by atoms with Crippen molar-refractivity contribution in [3.8, 4) is 0 Å². The zero-order chi connectivity index (χ0) is 13.0. The Hall–Kier alpha value is -2.11. The van der Waals surface area contributed by atoms with Gasteiger partial charge in [-0.25, -0.2) is 4.98 Å². The van der Waals surface area contributed by atoms with Gasteiger partial charge in [-0.1, -0.05) is 0 Å². The maximum absolute atomic E-state index is 11.8. The zero-order valence-corrected chi connectivity index (χ0v) is 10.2. The molecule has 6 heteroatoms. The summed E-state index contributed by atoms with van der Waals surface area (Å²) in [7, 11) is 1.73. The van der Waals surface area contributed by atoms with Gasteiger partial charge in [-0.05, 0) is 25.0 Å². The second-order valence-electron chi connectivity index (χ2n) is 4.20. The minimum Gasteiger partial charge on any atom is -0.373 e. The molecule has 1 aliphatic carbocycles. The third-order valence-electron chi connectivity index (χ3n) is 2.63. The van der Waals surface area contributed by atoms with Gasteiger partial charge in [0.2, 0.25) is 5.91 Å². The predicted molar refractivity (Wildman–Crippen MR) is 67.3 cm³/mol. The molecule has 1 fully saturated rings. The van der Waals surface area contributed by atoms with E-state index >= 15 is 0 Å². The van der Waals surface area contributed by atoms with Crippen LogP contribution >= 0.6 is 0 Å². The molecule has 1 aromatic rings. The number of anilines is 1. The number of hydrogen-bond acceptors (Lipinski definition) is 4. The summed E-state index contributed by atoms with van der Waals surface area (Å²) >= 11 is 0. The van der Waals surface area contributed by atoms with Gasteiger partial charge in [0, 0.05) is 24.8 Å². The number of hydrogen-bond donors (Lipinski definition) is 3. The fourth-order valence-electron chi connectivity index (χ4n) is 1.48. The highest BCUT2D eigenvalue weighted by Crippen LogP contribution is 2.18. The molecule has 3 N–H and O–H groups in total. The lowest BCUT2D eigenvalue weighted by molar-refractivity contribution is -0.120. The van der Waals surface area contributed by atoms with E-state index in [0.717, 1.165) is 12.8 Å². The molecule has 2 amide bonds. The summed E-state index contributed by atoms with van der Waals surface area (Å²) in [5.41, 5.74) is 0.480. The first-order chi connectivity index (χ1) is 8.69. The smallest absolute Gasteiger partial charge is 0.251 e. The monoisotopic (exact) mass is 248 g/mol. The highest BCUT2D eigenvalue weighted by Gasteiger charge is 2.23. The molecule has 6 nitrogen and oxygen atoms in total. The molecule has 0 atom stereocenters. The lowest BCUT2D eigenvalue weighted by Crippen LogP contribution is -2.37. The van der Waals surface area contributed by atoms with Crippen LogP contribution in [0.2, 0.25) is 0 Å². The van der Waals surface area contributed by atoms with Crippen molar-refractivity contribution in [1.82, 2.24) is 15.6 Å². The number of nitrogens with one attached hydrogen (secondary N) is 3. The summed E-state index contributed by atoms with van der Waals surface area (Å²) in [4.78, 5) is 27.2. The average Bonchev–Trinajstić information content (AvgIpc) is 3.20. The molecule has 0 bridgehead atoms. The molecule has 1 aromatic heterocycles. The molecule has 96 valence electrons. The summed E-state index contributed by atoms with van der Waals surface area (Å²) in [6.07, 6.45) is 3.62. The summed E-state index contributed by atoms with van der Waals surface area (Å²) in [5, 5.41) is 8.23. The minimum absolute atomic E-state index is 0.00649. The number of amides is 2. The highest BCUT2D eigenvalue weighted by atomic mass is 16.2. The summed E-state index contributed by atoms with van der Waals surface area (Å²) < 4.78 is 0. The standard InChI is InChI=1S/C12H16N4O2/c1-13-10-6-8(4-5-14-10)12(18)15-7-11(17)16-9-2-3-9/h4-6,9H,2-3,7H2,1H3,(H,13,14)(H,15,18)(H,16,17). The Bertz CT molecular complexity index is 457. The van der Waals surface area contributed by atoms with E-state index < -0.39 is 0 Å². The zero-order valence-electron chi connectivity index (χ0n) is 10.2. The van der Waals surface area contributed by atoms with Gasteiger partial charge in [0.15, 0.2) is 0 Å². The number of rotatable bonds is 5. The van der Waals surface area contributed by atoms with Crippen molar-refractivity contribution in [2.45, 2.75) is 18.9 Å². The van der Waals surface area contributed by atoms with Crippen LogP contribution in [-0.2, 0) is 4.79 Å². The Kier molecular flexibility index (Phi) is 3.76. The fourth-order valence-corrected chi connectivity index (χ4v) is 1.48. The first kappa shape index (κ1) is 12.3. The van der Waals surface area contributed by atoms with E-state index in [1.165, 1.54) is 0 Å². The van der Waals surface area contributed by atoms with Crippen LogP contribution in [0.25, 0.3) is 0 Å². The van der Waals surface area contributed by atoms with Crippen LogP contribution in [0.15, 0.2) is 18.3 Å². The third kappa shape index (κ3) is 3.44. The fraction of sp³-hybridized carbons (Fsp3) is 0.417. The van der Waals surface area contributed by atoms with Crippen LogP contribution in [0.5, 0.6) is 0 Å². The quantitative estimate of drug-likeness (QED) is 0.691. The molecule has 1 saturated carbocycles. The second kappa shape index (κ2) is 5.48. The van der Waals surface area contributed by atoms with E-state index in [0.29, 0.717) is 17.4 Å². The van der Waals surface area contributed by atoms with Crippen LogP contribution in [0.4, 0.5) is 5.82 Å². The molecule has 1 heterocycles. The summed E-state index contributed by atoms with van der Waals surface area (Å²) in [6.45, 7) is 0.00649. The van der Waals surface area contributed by atoms with E-state index in [-0.39, 0.29) is 18.4 Å². The summed E-state index contributed by atoms with van der Waals surface area (Å²) in [5.74, 6) is 0.193. The van der Waals surface area contributed by atoms with Crippen molar-refractivity contribution in [3.63, 3.8) is 0 Å². The third-order valence-corrected chi connectivity index (χ3v) is 2.63. The van der Waals surface area contributed by atoms with Gasteiger partial charge in [-0.2, -0.15) is 0 Å². The van der Waals surface area contributed by atoms with E-state index in [2.05, 4.69) is 20.9 Å². The molecule has 2 rings (SSSR count). The predicted octanol–water partition coefficient (Wildman–Crippen LogP) is 0.132. The molecule has 1 aliphatic rings. The lowest BCUT2D eigenvalue weighted by Gasteiger charge is -2.06. The molecule has 0 aliphatic heterocycles. The van der Waals surface area contributed by atoms with Crippen LogP contribution in [0.3, 0.4) is 0 Å². The van der Waals surface area contributed by atoms with E-state index in [9.17, 15) is 9.59 Å². The van der Waals surface area contributed by atoms with E-state index in [1.54, 1.807) is 25.4 Å². The summed E-state index contributed by atoms with van der Waals surface area (Å²) in [6, 6.07) is 3.55. The number of carbonyl (C=O) groups is 2. The van der Waals surface area contributed by atoms with Crippen molar-refractivity contribution in [3.05, 3.63) is 23.9 Å². The maximum Gasteiger partial charge on any atom is 0.251 e. The largest absolute Gasteiger partial charge is 0.373 e. The van der Waals surface area contributed by atoms with Crippen LogP contribution in [0.1, 0.15) is 23.2 Å². The van der Waals surface area contributed by atoms with E-state index in [4.69, 9.17) is 0 Å². The number of pyridine rings is 1. The van der Waals surface area contributed by atoms with Crippen molar-refractivity contribution in [2.75, 3.05) is 18.9 Å². The number of nitrogens with zero attached hydrogens (tertiary/aromatic N) is 1. The van der Waals surface area contributed by atoms with Crippen molar-refractivity contribution < 1.29 is 9.59 Å².